The maximum atomic E-state index is 13.0. The van der Waals surface area contributed by atoms with E-state index in [1.54, 1.807) is 5.51 Å². The molecule has 0 saturated carbocycles. The quantitative estimate of drug-likeness (QED) is 0.923. The van der Waals surface area contributed by atoms with Gasteiger partial charge in [0, 0.05) is 37.9 Å². The number of piperidine rings is 1. The number of thiazole rings is 1. The van der Waals surface area contributed by atoms with Gasteiger partial charge in [-0.3, -0.25) is 4.90 Å². The fraction of sp³-hybridized carbons (Fsp3) is 0.750. The van der Waals surface area contributed by atoms with Crippen LogP contribution in [0.1, 0.15) is 38.4 Å². The Hall–Kier alpha value is -0.590. The number of rotatable bonds is 3. The normalized spacial score (nSPS) is 20.9. The second-order valence-corrected chi connectivity index (χ2v) is 4.78. The third kappa shape index (κ3) is 3.96. The van der Waals surface area contributed by atoms with Crippen molar-refractivity contribution in [1.82, 2.24) is 9.88 Å². The largest absolute Gasteiger partial charge is 0.329 e. The summed E-state index contributed by atoms with van der Waals surface area (Å²) in [5.41, 5.74) is 8.35. The van der Waals surface area contributed by atoms with Crippen molar-refractivity contribution in [2.45, 2.75) is 38.7 Å². The van der Waals surface area contributed by atoms with Crippen LogP contribution >= 0.6 is 11.3 Å². The first-order valence-electron chi connectivity index (χ1n) is 6.32. The minimum Gasteiger partial charge on any atom is -0.329 e. The van der Waals surface area contributed by atoms with Crippen LogP contribution in [0.4, 0.5) is 8.78 Å². The van der Waals surface area contributed by atoms with Crippen molar-refractivity contribution in [1.29, 1.82) is 0 Å². The predicted octanol–water partition coefficient (Wildman–Crippen LogP) is 2.90. The van der Waals surface area contributed by atoms with E-state index in [0.717, 1.165) is 5.69 Å². The highest BCUT2D eigenvalue weighted by atomic mass is 32.1. The maximum absolute atomic E-state index is 13.0. The molecule has 1 aromatic heterocycles. The van der Waals surface area contributed by atoms with Crippen molar-refractivity contribution in [3.8, 4) is 0 Å². The summed E-state index contributed by atoms with van der Waals surface area (Å²) in [6.45, 7) is 5.22. The van der Waals surface area contributed by atoms with Gasteiger partial charge in [-0.2, -0.15) is 0 Å². The molecule has 1 unspecified atom stereocenters. The number of nitrogens with zero attached hydrogens (tertiary/aromatic N) is 2. The highest BCUT2D eigenvalue weighted by Crippen LogP contribution is 2.31. The Kier molecular flexibility index (Phi) is 6.11. The van der Waals surface area contributed by atoms with Gasteiger partial charge in [-0.05, 0) is 0 Å². The summed E-state index contributed by atoms with van der Waals surface area (Å²) in [6, 6.07) is -0.0117. The molecule has 1 atom stereocenters. The minimum absolute atomic E-state index is 0.0117. The zero-order valence-electron chi connectivity index (χ0n) is 10.9. The lowest BCUT2D eigenvalue weighted by molar-refractivity contribution is -0.0630. The van der Waals surface area contributed by atoms with Gasteiger partial charge >= 0.3 is 0 Å². The first kappa shape index (κ1) is 15.5. The molecule has 2 rings (SSSR count). The fourth-order valence-electron chi connectivity index (χ4n) is 2.01. The van der Waals surface area contributed by atoms with E-state index >= 15 is 0 Å². The van der Waals surface area contributed by atoms with Gasteiger partial charge in [0.15, 0.2) is 0 Å². The Morgan fingerprint density at radius 1 is 1.44 bits per heavy atom. The average Bonchev–Trinajstić information content (AvgIpc) is 2.88. The molecule has 2 N–H and O–H groups in total. The van der Waals surface area contributed by atoms with Crippen LogP contribution in [0.3, 0.4) is 0 Å². The summed E-state index contributed by atoms with van der Waals surface area (Å²) in [5.74, 6) is -2.50. The molecule has 6 heteroatoms. The number of aromatic nitrogens is 1. The number of hydrogen-bond acceptors (Lipinski definition) is 4. The van der Waals surface area contributed by atoms with Crippen molar-refractivity contribution in [3.05, 3.63) is 16.6 Å². The van der Waals surface area contributed by atoms with Gasteiger partial charge in [-0.1, -0.05) is 13.8 Å². The molecule has 18 heavy (non-hydrogen) atoms. The molecule has 1 aliphatic heterocycles. The number of likely N-dealkylation sites (tertiary alicyclic amines) is 1. The zero-order chi connectivity index (χ0) is 13.6. The van der Waals surface area contributed by atoms with E-state index in [0.29, 0.717) is 19.6 Å². The molecule has 1 aromatic rings. The highest BCUT2D eigenvalue weighted by molar-refractivity contribution is 7.07. The van der Waals surface area contributed by atoms with Gasteiger partial charge < -0.3 is 5.73 Å². The molecule has 0 spiro atoms. The van der Waals surface area contributed by atoms with Crippen LogP contribution in [0.25, 0.3) is 0 Å². The number of nitrogens with two attached hydrogens (primary N) is 1. The van der Waals surface area contributed by atoms with Crippen molar-refractivity contribution in [2.75, 3.05) is 19.6 Å². The fourth-order valence-corrected chi connectivity index (χ4v) is 2.61. The molecule has 3 nitrogen and oxygen atoms in total. The van der Waals surface area contributed by atoms with Gasteiger partial charge in [0.05, 0.1) is 17.2 Å². The molecule has 104 valence electrons. The monoisotopic (exact) mass is 277 g/mol. The second kappa shape index (κ2) is 7.11. The van der Waals surface area contributed by atoms with Crippen LogP contribution in [0.2, 0.25) is 0 Å². The lowest BCUT2D eigenvalue weighted by atomic mass is 10.0. The molecule has 1 fully saturated rings. The topological polar surface area (TPSA) is 42.1 Å². The summed E-state index contributed by atoms with van der Waals surface area (Å²) in [6.07, 6.45) is -0.152. The molecule has 0 aliphatic carbocycles. The van der Waals surface area contributed by atoms with E-state index in [1.807, 2.05) is 24.1 Å². The highest BCUT2D eigenvalue weighted by Gasteiger charge is 2.36. The summed E-state index contributed by atoms with van der Waals surface area (Å²) >= 11 is 1.51. The van der Waals surface area contributed by atoms with E-state index < -0.39 is 5.92 Å². The van der Waals surface area contributed by atoms with Crippen LogP contribution in [-0.4, -0.2) is 35.4 Å². The van der Waals surface area contributed by atoms with Gasteiger partial charge in [0.2, 0.25) is 0 Å². The molecule has 1 aliphatic rings. The summed E-state index contributed by atoms with van der Waals surface area (Å²) in [7, 11) is 0. The smallest absolute Gasteiger partial charge is 0.250 e. The Morgan fingerprint density at radius 2 is 2.06 bits per heavy atom. The van der Waals surface area contributed by atoms with Crippen molar-refractivity contribution in [3.63, 3.8) is 0 Å². The standard InChI is InChI=1S/C10H15F2N3S.C2H6/c11-10(12)1-3-15(4-2-10)9(5-13)8-6-16-7-14-8;1-2/h6-7,9H,1-5,13H2;1-2H3. The third-order valence-electron chi connectivity index (χ3n) is 2.99. The van der Waals surface area contributed by atoms with Crippen LogP contribution < -0.4 is 5.73 Å². The molecular weight excluding hydrogens is 256 g/mol. The number of alkyl halides is 2. The minimum atomic E-state index is -2.50. The Balaban J connectivity index is 0.000000771. The van der Waals surface area contributed by atoms with E-state index in [4.69, 9.17) is 5.73 Å². The Labute approximate surface area is 111 Å². The van der Waals surface area contributed by atoms with Crippen LogP contribution in [0.5, 0.6) is 0 Å². The average molecular weight is 277 g/mol. The van der Waals surface area contributed by atoms with Crippen molar-refractivity contribution >= 4 is 11.3 Å². The zero-order valence-corrected chi connectivity index (χ0v) is 11.7. The molecule has 0 amide bonds. The number of halogens is 2. The van der Waals surface area contributed by atoms with Crippen molar-refractivity contribution < 1.29 is 8.78 Å². The van der Waals surface area contributed by atoms with Crippen LogP contribution in [0.15, 0.2) is 10.9 Å². The lowest BCUT2D eigenvalue weighted by Crippen LogP contribution is -2.43. The number of hydrogen-bond donors (Lipinski definition) is 1. The van der Waals surface area contributed by atoms with Crippen LogP contribution in [-0.2, 0) is 0 Å². The van der Waals surface area contributed by atoms with Crippen molar-refractivity contribution in [2.24, 2.45) is 5.73 Å². The SMILES string of the molecule is CC.NCC(c1cscn1)N1CCC(F)(F)CC1. The van der Waals surface area contributed by atoms with E-state index in [2.05, 4.69) is 4.98 Å². The van der Waals surface area contributed by atoms with E-state index in [-0.39, 0.29) is 18.9 Å². The van der Waals surface area contributed by atoms with Gasteiger partial charge in [0.1, 0.15) is 0 Å². The summed E-state index contributed by atoms with van der Waals surface area (Å²) in [5, 5.41) is 1.93. The molecule has 0 aromatic carbocycles. The van der Waals surface area contributed by atoms with Gasteiger partial charge in [-0.15, -0.1) is 11.3 Å². The summed E-state index contributed by atoms with van der Waals surface area (Å²) < 4.78 is 26.0. The molecule has 1 saturated heterocycles. The van der Waals surface area contributed by atoms with E-state index in [1.165, 1.54) is 11.3 Å². The van der Waals surface area contributed by atoms with Gasteiger partial charge in [-0.25, -0.2) is 13.8 Å². The van der Waals surface area contributed by atoms with Gasteiger partial charge in [0.25, 0.3) is 5.92 Å². The molecular formula is C12H21F2N3S. The predicted molar refractivity (Wildman–Crippen MR) is 71.0 cm³/mol. The molecule has 2 heterocycles. The molecule has 0 bridgehead atoms. The Bertz CT molecular complexity index is 320. The molecule has 0 radical (unpaired) electrons. The summed E-state index contributed by atoms with van der Waals surface area (Å²) in [4.78, 5) is 6.21. The first-order valence-corrected chi connectivity index (χ1v) is 7.27. The lowest BCUT2D eigenvalue weighted by Gasteiger charge is -2.36. The van der Waals surface area contributed by atoms with E-state index in [9.17, 15) is 8.78 Å². The third-order valence-corrected chi connectivity index (χ3v) is 3.59. The maximum Gasteiger partial charge on any atom is 0.250 e. The first-order chi connectivity index (χ1) is 8.62. The second-order valence-electron chi connectivity index (χ2n) is 4.06. The van der Waals surface area contributed by atoms with Crippen LogP contribution in [0, 0.1) is 0 Å². The Morgan fingerprint density at radius 3 is 2.50 bits per heavy atom.